The van der Waals surface area contributed by atoms with E-state index in [1.807, 2.05) is 0 Å². The van der Waals surface area contributed by atoms with Crippen LogP contribution in [0.25, 0.3) is 0 Å². The normalized spacial score (nSPS) is 20.7. The summed E-state index contributed by atoms with van der Waals surface area (Å²) in [5.74, 6) is 1.23. The van der Waals surface area contributed by atoms with Gasteiger partial charge in [-0.2, -0.15) is 0 Å². The molecular weight excluding hydrogens is 136 g/mol. The fourth-order valence-corrected chi connectivity index (χ4v) is 1.20. The molecule has 11 heavy (non-hydrogen) atoms. The van der Waals surface area contributed by atoms with Crippen LogP contribution < -0.4 is 5.32 Å². The van der Waals surface area contributed by atoms with Crippen molar-refractivity contribution < 1.29 is 0 Å². The Balaban J connectivity index is 2.29. The predicted molar refractivity (Wildman–Crippen MR) is 49.0 cm³/mol. The van der Waals surface area contributed by atoms with Crippen LogP contribution in [0.4, 0.5) is 0 Å². The average Bonchev–Trinajstić information content (AvgIpc) is 2.06. The van der Waals surface area contributed by atoms with Crippen LogP contribution in [0.1, 0.15) is 39.5 Å². The minimum Gasteiger partial charge on any atom is -0.371 e. The predicted octanol–water partition coefficient (Wildman–Crippen LogP) is 1.96. The minimum absolute atomic E-state index is 0.590. The third-order valence-corrected chi connectivity index (χ3v) is 2.15. The second kappa shape index (κ2) is 4.37. The Morgan fingerprint density at radius 2 is 2.36 bits per heavy atom. The van der Waals surface area contributed by atoms with Crippen molar-refractivity contribution in [1.29, 1.82) is 0 Å². The molecule has 1 atom stereocenters. The lowest BCUT2D eigenvalue weighted by molar-refractivity contribution is 0.613. The molecule has 0 amide bonds. The number of nitrogens with zero attached hydrogens (tertiary/aromatic N) is 1. The van der Waals surface area contributed by atoms with Gasteiger partial charge in [0.05, 0.1) is 5.84 Å². The van der Waals surface area contributed by atoms with Gasteiger partial charge in [-0.25, -0.2) is 0 Å². The van der Waals surface area contributed by atoms with Crippen molar-refractivity contribution in [3.05, 3.63) is 0 Å². The first-order valence-electron chi connectivity index (χ1n) is 4.62. The molecule has 1 heterocycles. The zero-order valence-corrected chi connectivity index (χ0v) is 7.56. The number of aliphatic imine (C=N–C) groups is 1. The Morgan fingerprint density at radius 1 is 1.55 bits per heavy atom. The maximum Gasteiger partial charge on any atom is 0.0965 e. The Morgan fingerprint density at radius 3 is 2.91 bits per heavy atom. The number of hydrogen-bond acceptors (Lipinski definition) is 2. The van der Waals surface area contributed by atoms with Crippen molar-refractivity contribution >= 4 is 5.84 Å². The van der Waals surface area contributed by atoms with Gasteiger partial charge in [0.25, 0.3) is 0 Å². The minimum atomic E-state index is 0.590. The van der Waals surface area contributed by atoms with Crippen LogP contribution in [0.3, 0.4) is 0 Å². The summed E-state index contributed by atoms with van der Waals surface area (Å²) < 4.78 is 0. The molecular formula is C9H18N2. The molecule has 2 heteroatoms. The van der Waals surface area contributed by atoms with Gasteiger partial charge in [0.15, 0.2) is 0 Å². The summed E-state index contributed by atoms with van der Waals surface area (Å²) in [5.41, 5.74) is 0. The number of hydrogen-bond donors (Lipinski definition) is 1. The van der Waals surface area contributed by atoms with E-state index >= 15 is 0 Å². The summed E-state index contributed by atoms with van der Waals surface area (Å²) in [5, 5.41) is 3.42. The van der Waals surface area contributed by atoms with Gasteiger partial charge < -0.3 is 5.32 Å². The fourth-order valence-electron chi connectivity index (χ4n) is 1.20. The Bertz CT molecular complexity index is 140. The highest BCUT2D eigenvalue weighted by molar-refractivity contribution is 5.82. The quantitative estimate of drug-likeness (QED) is 0.646. The van der Waals surface area contributed by atoms with Gasteiger partial charge >= 0.3 is 0 Å². The van der Waals surface area contributed by atoms with Gasteiger partial charge in [0.2, 0.25) is 0 Å². The summed E-state index contributed by atoms with van der Waals surface area (Å²) in [6.45, 7) is 5.43. The highest BCUT2D eigenvalue weighted by Crippen LogP contribution is 2.04. The smallest absolute Gasteiger partial charge is 0.0965 e. The van der Waals surface area contributed by atoms with Crippen LogP contribution in [0.5, 0.6) is 0 Å². The van der Waals surface area contributed by atoms with Crippen molar-refractivity contribution in [3.8, 4) is 0 Å². The highest BCUT2D eigenvalue weighted by atomic mass is 15.0. The molecule has 1 aliphatic heterocycles. The molecule has 64 valence electrons. The molecule has 1 unspecified atom stereocenters. The number of nitrogens with one attached hydrogen (secondary N) is 1. The summed E-state index contributed by atoms with van der Waals surface area (Å²) in [6.07, 6.45) is 4.91. The van der Waals surface area contributed by atoms with E-state index in [9.17, 15) is 0 Å². The van der Waals surface area contributed by atoms with Gasteiger partial charge in [-0.1, -0.05) is 6.92 Å². The van der Waals surface area contributed by atoms with E-state index in [4.69, 9.17) is 0 Å². The van der Waals surface area contributed by atoms with Gasteiger partial charge in [0.1, 0.15) is 0 Å². The molecule has 0 spiro atoms. The van der Waals surface area contributed by atoms with Crippen molar-refractivity contribution in [2.24, 2.45) is 4.99 Å². The third-order valence-electron chi connectivity index (χ3n) is 2.15. The van der Waals surface area contributed by atoms with E-state index in [1.165, 1.54) is 25.1 Å². The lowest BCUT2D eigenvalue weighted by Gasteiger charge is -2.17. The Hall–Kier alpha value is -0.530. The van der Waals surface area contributed by atoms with E-state index in [-0.39, 0.29) is 0 Å². The molecule has 0 aromatic rings. The molecule has 0 aromatic heterocycles. The van der Waals surface area contributed by atoms with Crippen molar-refractivity contribution in [3.63, 3.8) is 0 Å². The molecule has 1 aliphatic rings. The molecule has 0 radical (unpaired) electrons. The summed E-state index contributed by atoms with van der Waals surface area (Å²) in [6, 6.07) is 0.590. The van der Waals surface area contributed by atoms with E-state index in [2.05, 4.69) is 24.2 Å². The zero-order chi connectivity index (χ0) is 8.10. The van der Waals surface area contributed by atoms with Crippen LogP contribution in [-0.4, -0.2) is 18.4 Å². The topological polar surface area (TPSA) is 24.4 Å². The third kappa shape index (κ3) is 2.91. The molecule has 0 aromatic carbocycles. The van der Waals surface area contributed by atoms with Crippen molar-refractivity contribution in [2.45, 2.75) is 45.6 Å². The number of rotatable bonds is 2. The summed E-state index contributed by atoms with van der Waals surface area (Å²) in [7, 11) is 0. The monoisotopic (exact) mass is 154 g/mol. The van der Waals surface area contributed by atoms with E-state index < -0.39 is 0 Å². The summed E-state index contributed by atoms with van der Waals surface area (Å²) >= 11 is 0. The summed E-state index contributed by atoms with van der Waals surface area (Å²) in [4.78, 5) is 4.42. The van der Waals surface area contributed by atoms with Gasteiger partial charge in [0, 0.05) is 19.0 Å². The second-order valence-corrected chi connectivity index (χ2v) is 3.24. The average molecular weight is 154 g/mol. The van der Waals surface area contributed by atoms with Crippen LogP contribution in [-0.2, 0) is 0 Å². The first kappa shape index (κ1) is 8.57. The lowest BCUT2D eigenvalue weighted by atomic mass is 10.1. The standard InChI is InChI=1S/C9H18N2/c1-3-8(2)11-9-6-4-5-7-10-9/h8H,3-7H2,1-2H3,(H,10,11). The molecule has 0 fully saturated rings. The maximum absolute atomic E-state index is 4.42. The SMILES string of the molecule is CCC(C)NC1=NCCCC1. The Kier molecular flexibility index (Phi) is 3.40. The van der Waals surface area contributed by atoms with Gasteiger partial charge in [-0.15, -0.1) is 0 Å². The molecule has 0 saturated carbocycles. The van der Waals surface area contributed by atoms with Crippen LogP contribution in [0.15, 0.2) is 4.99 Å². The number of amidine groups is 1. The zero-order valence-electron chi connectivity index (χ0n) is 7.56. The van der Waals surface area contributed by atoms with Crippen LogP contribution in [0.2, 0.25) is 0 Å². The Labute approximate surface area is 69.1 Å². The first-order chi connectivity index (χ1) is 5.33. The fraction of sp³-hybridized carbons (Fsp3) is 0.889. The first-order valence-corrected chi connectivity index (χ1v) is 4.62. The maximum atomic E-state index is 4.42. The van der Waals surface area contributed by atoms with Crippen LogP contribution >= 0.6 is 0 Å². The molecule has 0 saturated heterocycles. The van der Waals surface area contributed by atoms with E-state index in [0.717, 1.165) is 13.0 Å². The molecule has 2 nitrogen and oxygen atoms in total. The lowest BCUT2D eigenvalue weighted by Crippen LogP contribution is -2.33. The molecule has 1 N–H and O–H groups in total. The van der Waals surface area contributed by atoms with E-state index in [0.29, 0.717) is 6.04 Å². The molecule has 1 rings (SSSR count). The second-order valence-electron chi connectivity index (χ2n) is 3.24. The van der Waals surface area contributed by atoms with Crippen molar-refractivity contribution in [2.75, 3.05) is 6.54 Å². The molecule has 0 aliphatic carbocycles. The van der Waals surface area contributed by atoms with Crippen molar-refractivity contribution in [1.82, 2.24) is 5.32 Å². The van der Waals surface area contributed by atoms with E-state index in [1.54, 1.807) is 0 Å². The highest BCUT2D eigenvalue weighted by Gasteiger charge is 2.06. The van der Waals surface area contributed by atoms with Gasteiger partial charge in [-0.3, -0.25) is 4.99 Å². The van der Waals surface area contributed by atoms with Crippen LogP contribution in [0, 0.1) is 0 Å². The van der Waals surface area contributed by atoms with Gasteiger partial charge in [-0.05, 0) is 26.2 Å². The molecule has 0 bridgehead atoms. The largest absolute Gasteiger partial charge is 0.371 e.